The maximum absolute atomic E-state index is 11.8. The number of carbonyl (C=O) groups is 2. The third-order valence-corrected chi connectivity index (χ3v) is 3.89. The lowest BCUT2D eigenvalue weighted by molar-refractivity contribution is -0.142. The Morgan fingerprint density at radius 1 is 1.11 bits per heavy atom. The molecule has 0 atom stereocenters. The van der Waals surface area contributed by atoms with Gasteiger partial charge in [0.1, 0.15) is 17.2 Å². The van der Waals surface area contributed by atoms with Crippen LogP contribution in [-0.2, 0) is 20.7 Å². The number of hydrogen-bond acceptors (Lipinski definition) is 6. The van der Waals surface area contributed by atoms with Gasteiger partial charge in [0.25, 0.3) is 5.91 Å². The first-order chi connectivity index (χ1) is 13.3. The van der Waals surface area contributed by atoms with Crippen LogP contribution in [0.25, 0.3) is 0 Å². The van der Waals surface area contributed by atoms with Crippen LogP contribution in [0.2, 0.25) is 5.02 Å². The fourth-order valence-electron chi connectivity index (χ4n) is 2.21. The lowest BCUT2D eigenvalue weighted by atomic mass is 10.1. The van der Waals surface area contributed by atoms with E-state index in [1.165, 1.54) is 6.92 Å². The highest BCUT2D eigenvalue weighted by Crippen LogP contribution is 2.31. The highest BCUT2D eigenvalue weighted by Gasteiger charge is 2.12. The quantitative estimate of drug-likeness (QED) is 0.453. The fourth-order valence-corrected chi connectivity index (χ4v) is 2.45. The molecule has 0 aliphatic rings. The van der Waals surface area contributed by atoms with E-state index < -0.39 is 11.6 Å². The lowest BCUT2D eigenvalue weighted by Gasteiger charge is -2.10. The van der Waals surface area contributed by atoms with Crippen LogP contribution < -0.4 is 10.1 Å². The summed E-state index contributed by atoms with van der Waals surface area (Å²) >= 11 is 6.23. The van der Waals surface area contributed by atoms with Crippen molar-refractivity contribution in [3.63, 3.8) is 0 Å². The average molecular weight is 402 g/mol. The van der Waals surface area contributed by atoms with E-state index in [9.17, 15) is 9.59 Å². The van der Waals surface area contributed by atoms with E-state index in [1.807, 2.05) is 0 Å². The maximum Gasteiger partial charge on any atom is 0.310 e. The van der Waals surface area contributed by atoms with Crippen LogP contribution in [0.5, 0.6) is 11.5 Å². The summed E-state index contributed by atoms with van der Waals surface area (Å²) in [6, 6.07) is 11.6. The van der Waals surface area contributed by atoms with Crippen molar-refractivity contribution in [3.05, 3.63) is 53.1 Å². The molecule has 28 heavy (non-hydrogen) atoms. The van der Waals surface area contributed by atoms with Crippen molar-refractivity contribution in [3.8, 4) is 11.5 Å². The molecule has 0 aliphatic carbocycles. The van der Waals surface area contributed by atoms with Gasteiger partial charge in [-0.1, -0.05) is 17.7 Å². The van der Waals surface area contributed by atoms with Crippen LogP contribution in [0.4, 0.5) is 5.69 Å². The summed E-state index contributed by atoms with van der Waals surface area (Å²) in [5.41, 5.74) is 0.686. The fraction of sp³-hybridized carbons (Fsp3) is 0.200. The zero-order chi connectivity index (χ0) is 20.7. The lowest BCUT2D eigenvalue weighted by Crippen LogP contribution is -2.27. The van der Waals surface area contributed by atoms with Gasteiger partial charge in [-0.3, -0.25) is 15.0 Å². The van der Waals surface area contributed by atoms with Crippen molar-refractivity contribution in [2.45, 2.75) is 20.3 Å². The number of hydrogen-bond donors (Lipinski definition) is 3. The van der Waals surface area contributed by atoms with Crippen molar-refractivity contribution in [2.24, 2.45) is 0 Å². The van der Waals surface area contributed by atoms with Crippen molar-refractivity contribution in [1.82, 2.24) is 0 Å². The van der Waals surface area contributed by atoms with Gasteiger partial charge in [0, 0.05) is 5.69 Å². The summed E-state index contributed by atoms with van der Waals surface area (Å²) in [6.07, 6.45) is 0.131. The molecule has 1 amide bonds. The van der Waals surface area contributed by atoms with E-state index in [4.69, 9.17) is 31.9 Å². The standard InChI is InChI=1S/C20H20ClN3O4/c1-3-27-18(25)11-13-4-9-17(16(21)10-13)28-15-7-5-14(6-8-15)24-20(26)19(23)12(2)22/h4-10,22-23H,3,11H2,1-2H3,(H,24,26). The molecule has 0 aromatic heterocycles. The van der Waals surface area contributed by atoms with E-state index in [0.717, 1.165) is 5.56 Å². The van der Waals surface area contributed by atoms with Crippen LogP contribution in [0.15, 0.2) is 42.5 Å². The molecule has 0 bridgehead atoms. The van der Waals surface area contributed by atoms with Crippen LogP contribution >= 0.6 is 11.6 Å². The predicted octanol–water partition coefficient (Wildman–Crippen LogP) is 4.24. The first-order valence-electron chi connectivity index (χ1n) is 8.47. The Hall–Kier alpha value is -3.19. The van der Waals surface area contributed by atoms with Gasteiger partial charge in [-0.2, -0.15) is 0 Å². The molecule has 7 nitrogen and oxygen atoms in total. The molecule has 0 aliphatic heterocycles. The molecule has 2 aromatic rings. The van der Waals surface area contributed by atoms with Crippen LogP contribution in [0, 0.1) is 10.8 Å². The van der Waals surface area contributed by atoms with E-state index >= 15 is 0 Å². The molecular formula is C20H20ClN3O4. The Kier molecular flexibility index (Phi) is 7.28. The van der Waals surface area contributed by atoms with Gasteiger partial charge >= 0.3 is 5.97 Å². The molecule has 0 heterocycles. The van der Waals surface area contributed by atoms with Crippen molar-refractivity contribution in [1.29, 1.82) is 10.8 Å². The number of nitrogens with one attached hydrogen (secondary N) is 3. The molecule has 0 saturated heterocycles. The largest absolute Gasteiger partial charge is 0.466 e. The number of benzene rings is 2. The molecule has 0 unspecified atom stereocenters. The van der Waals surface area contributed by atoms with Gasteiger partial charge in [-0.05, 0) is 55.8 Å². The van der Waals surface area contributed by atoms with Gasteiger partial charge in [-0.25, -0.2) is 0 Å². The minimum absolute atomic E-state index is 0.113. The first kappa shape index (κ1) is 21.1. The van der Waals surface area contributed by atoms with Gasteiger partial charge in [0.05, 0.1) is 23.8 Å². The Morgan fingerprint density at radius 3 is 2.36 bits per heavy atom. The summed E-state index contributed by atoms with van der Waals surface area (Å²) in [7, 11) is 0. The zero-order valence-corrected chi connectivity index (χ0v) is 16.2. The van der Waals surface area contributed by atoms with Crippen LogP contribution in [0.3, 0.4) is 0 Å². The molecule has 0 spiro atoms. The summed E-state index contributed by atoms with van der Waals surface area (Å²) in [4.78, 5) is 23.3. The van der Waals surface area contributed by atoms with Crippen molar-refractivity contribution < 1.29 is 19.1 Å². The second kappa shape index (κ2) is 9.66. The monoisotopic (exact) mass is 401 g/mol. The highest BCUT2D eigenvalue weighted by molar-refractivity contribution is 6.66. The van der Waals surface area contributed by atoms with Crippen molar-refractivity contribution >= 4 is 40.6 Å². The van der Waals surface area contributed by atoms with E-state index in [-0.39, 0.29) is 18.1 Å². The summed E-state index contributed by atoms with van der Waals surface area (Å²) in [5.74, 6) is -0.0545. The maximum atomic E-state index is 11.8. The molecule has 0 fully saturated rings. The average Bonchev–Trinajstić information content (AvgIpc) is 2.64. The normalized spacial score (nSPS) is 10.1. The Labute approximate surface area is 167 Å². The van der Waals surface area contributed by atoms with Crippen molar-refractivity contribution in [2.75, 3.05) is 11.9 Å². The molecular weight excluding hydrogens is 382 g/mol. The number of ether oxygens (including phenoxy) is 2. The number of carbonyl (C=O) groups excluding carboxylic acids is 2. The molecule has 2 rings (SSSR count). The van der Waals surface area contributed by atoms with E-state index in [1.54, 1.807) is 49.4 Å². The SMILES string of the molecule is CCOC(=O)Cc1ccc(Oc2ccc(NC(=O)C(=N)C(C)=N)cc2)c(Cl)c1. The number of anilines is 1. The topological polar surface area (TPSA) is 112 Å². The predicted molar refractivity (Wildman–Crippen MR) is 108 cm³/mol. The minimum Gasteiger partial charge on any atom is -0.466 e. The molecule has 2 aromatic carbocycles. The molecule has 0 saturated carbocycles. The number of rotatable bonds is 8. The highest BCUT2D eigenvalue weighted by atomic mass is 35.5. The summed E-state index contributed by atoms with van der Waals surface area (Å²) in [5, 5.41) is 17.7. The minimum atomic E-state index is -0.651. The summed E-state index contributed by atoms with van der Waals surface area (Å²) < 4.78 is 10.6. The number of amides is 1. The number of esters is 1. The Morgan fingerprint density at radius 2 is 1.79 bits per heavy atom. The van der Waals surface area contributed by atoms with Gasteiger partial charge in [0.15, 0.2) is 0 Å². The first-order valence-corrected chi connectivity index (χ1v) is 8.85. The van der Waals surface area contributed by atoms with Gasteiger partial charge in [0.2, 0.25) is 0 Å². The van der Waals surface area contributed by atoms with Crippen LogP contribution in [-0.4, -0.2) is 29.9 Å². The van der Waals surface area contributed by atoms with Gasteiger partial charge in [-0.15, -0.1) is 0 Å². The third-order valence-electron chi connectivity index (χ3n) is 3.59. The van der Waals surface area contributed by atoms with E-state index in [2.05, 4.69) is 5.32 Å². The zero-order valence-electron chi connectivity index (χ0n) is 15.5. The Balaban J connectivity index is 2.02. The summed E-state index contributed by atoms with van der Waals surface area (Å²) in [6.45, 7) is 3.45. The molecule has 8 heteroatoms. The molecule has 3 N–H and O–H groups in total. The Bertz CT molecular complexity index is 910. The third kappa shape index (κ3) is 5.92. The second-order valence-electron chi connectivity index (χ2n) is 5.83. The van der Waals surface area contributed by atoms with E-state index in [0.29, 0.717) is 28.8 Å². The van der Waals surface area contributed by atoms with Gasteiger partial charge < -0.3 is 20.2 Å². The second-order valence-corrected chi connectivity index (χ2v) is 6.23. The molecule has 146 valence electrons. The van der Waals surface area contributed by atoms with Crippen LogP contribution in [0.1, 0.15) is 19.4 Å². The smallest absolute Gasteiger partial charge is 0.310 e. The molecule has 0 radical (unpaired) electrons. The number of halogens is 1.